The quantitative estimate of drug-likeness (QED) is 0.152. The molecule has 0 spiro atoms. The average Bonchev–Trinajstić information content (AvgIpc) is 3.88. The van der Waals surface area contributed by atoms with Gasteiger partial charge in [-0.1, -0.05) is 188 Å². The third kappa shape index (κ3) is 5.88. The first-order valence-electron chi connectivity index (χ1n) is 21.3. The zero-order chi connectivity index (χ0) is 41.0. The lowest BCUT2D eigenvalue weighted by Gasteiger charge is -2.15. The van der Waals surface area contributed by atoms with E-state index in [-0.39, 0.29) is 0 Å². The summed E-state index contributed by atoms with van der Waals surface area (Å²) in [6, 6.07) is 88.4. The summed E-state index contributed by atoms with van der Waals surface area (Å²) in [6.45, 7) is 0. The second-order valence-corrected chi connectivity index (χ2v) is 16.1. The third-order valence-corrected chi connectivity index (χ3v) is 12.5. The molecule has 62 heavy (non-hydrogen) atoms. The van der Waals surface area contributed by atoms with Gasteiger partial charge in [-0.05, 0) is 110 Å². The molecule has 10 aromatic carbocycles. The van der Waals surface area contributed by atoms with Crippen molar-refractivity contribution in [2.75, 3.05) is 0 Å². The van der Waals surface area contributed by atoms with E-state index in [2.05, 4.69) is 252 Å². The molecule has 0 saturated carbocycles. The number of nitrogens with zero attached hydrogens (tertiary/aromatic N) is 2. The lowest BCUT2D eigenvalue weighted by molar-refractivity contribution is 1.18. The predicted octanol–water partition coefficient (Wildman–Crippen LogP) is 16.2. The molecule has 0 aliphatic heterocycles. The molecule has 2 heterocycles. The van der Waals surface area contributed by atoms with E-state index in [1.54, 1.807) is 0 Å². The zero-order valence-electron chi connectivity index (χ0n) is 34.0. The Morgan fingerprint density at radius 1 is 0.210 bits per heavy atom. The number of hydrogen-bond donors (Lipinski definition) is 0. The molecule has 0 saturated heterocycles. The first-order valence-corrected chi connectivity index (χ1v) is 21.3. The molecule has 2 aromatic heterocycles. The fourth-order valence-electron chi connectivity index (χ4n) is 9.78. The number of para-hydroxylation sites is 2. The van der Waals surface area contributed by atoms with Crippen LogP contribution < -0.4 is 0 Å². The van der Waals surface area contributed by atoms with E-state index in [1.807, 2.05) is 0 Å². The minimum Gasteiger partial charge on any atom is -0.309 e. The van der Waals surface area contributed by atoms with E-state index in [4.69, 9.17) is 0 Å². The van der Waals surface area contributed by atoms with E-state index < -0.39 is 0 Å². The van der Waals surface area contributed by atoms with Gasteiger partial charge in [0.1, 0.15) is 0 Å². The first kappa shape index (κ1) is 35.7. The Balaban J connectivity index is 1.10. The molecule has 12 rings (SSSR count). The highest BCUT2D eigenvalue weighted by molar-refractivity contribution is 6.22. The summed E-state index contributed by atoms with van der Waals surface area (Å²) in [6.07, 6.45) is 0. The molecular weight excluding hydrogens is 749 g/mol. The van der Waals surface area contributed by atoms with E-state index in [0.29, 0.717) is 0 Å². The van der Waals surface area contributed by atoms with Gasteiger partial charge in [-0.3, -0.25) is 0 Å². The molecule has 0 aliphatic carbocycles. The number of hydrogen-bond acceptors (Lipinski definition) is 0. The Morgan fingerprint density at radius 2 is 0.613 bits per heavy atom. The Hall–Kier alpha value is -8.20. The molecule has 0 unspecified atom stereocenters. The normalized spacial score (nSPS) is 11.5. The summed E-state index contributed by atoms with van der Waals surface area (Å²) in [5.74, 6) is 0. The second kappa shape index (κ2) is 14.8. The van der Waals surface area contributed by atoms with Crippen LogP contribution in [0, 0.1) is 0 Å². The van der Waals surface area contributed by atoms with Crippen LogP contribution in [0.2, 0.25) is 0 Å². The monoisotopic (exact) mass is 788 g/mol. The Morgan fingerprint density at radius 3 is 1.11 bits per heavy atom. The van der Waals surface area contributed by atoms with Gasteiger partial charge in [0, 0.05) is 32.9 Å². The van der Waals surface area contributed by atoms with Crippen LogP contribution in [0.5, 0.6) is 0 Å². The van der Waals surface area contributed by atoms with Crippen LogP contribution in [-0.2, 0) is 0 Å². The van der Waals surface area contributed by atoms with Gasteiger partial charge in [-0.15, -0.1) is 0 Å². The van der Waals surface area contributed by atoms with Crippen molar-refractivity contribution in [2.45, 2.75) is 0 Å². The Kier molecular flexibility index (Phi) is 8.53. The van der Waals surface area contributed by atoms with E-state index in [0.717, 1.165) is 11.4 Å². The Labute approximate surface area is 360 Å². The maximum Gasteiger partial charge on any atom is 0.0547 e. The van der Waals surface area contributed by atoms with Crippen LogP contribution in [0.1, 0.15) is 0 Å². The summed E-state index contributed by atoms with van der Waals surface area (Å²) in [7, 11) is 0. The van der Waals surface area contributed by atoms with Gasteiger partial charge >= 0.3 is 0 Å². The maximum atomic E-state index is 2.47. The third-order valence-electron chi connectivity index (χ3n) is 12.5. The SMILES string of the molecule is c1ccc(-c2cc(-c3ccccc3)cc(-n3c4ccccc4c4c(-c5cccc6c5c5ccccc5n6-c5ccc(-c6ccccc6)c(-c6ccccc6)c5)cccc43)c2)cc1. The second-order valence-electron chi connectivity index (χ2n) is 16.1. The molecule has 0 bridgehead atoms. The molecule has 0 N–H and O–H groups in total. The zero-order valence-corrected chi connectivity index (χ0v) is 34.0. The van der Waals surface area contributed by atoms with Crippen molar-refractivity contribution in [1.82, 2.24) is 9.13 Å². The van der Waals surface area contributed by atoms with Gasteiger partial charge in [0.25, 0.3) is 0 Å². The van der Waals surface area contributed by atoms with Crippen molar-refractivity contribution >= 4 is 43.6 Å². The lowest BCUT2D eigenvalue weighted by atomic mass is 9.94. The van der Waals surface area contributed by atoms with Crippen LogP contribution in [-0.4, -0.2) is 9.13 Å². The van der Waals surface area contributed by atoms with Crippen LogP contribution in [0.15, 0.2) is 243 Å². The van der Waals surface area contributed by atoms with Crippen molar-refractivity contribution in [3.05, 3.63) is 243 Å². The predicted molar refractivity (Wildman–Crippen MR) is 262 cm³/mol. The molecule has 290 valence electrons. The van der Waals surface area contributed by atoms with Crippen molar-refractivity contribution in [3.63, 3.8) is 0 Å². The maximum absolute atomic E-state index is 2.47. The topological polar surface area (TPSA) is 9.86 Å². The molecule has 0 fully saturated rings. The van der Waals surface area contributed by atoms with Crippen molar-refractivity contribution in [1.29, 1.82) is 0 Å². The van der Waals surface area contributed by atoms with Crippen molar-refractivity contribution in [2.24, 2.45) is 0 Å². The number of fused-ring (bicyclic) bond motifs is 6. The molecule has 0 aliphatic rings. The van der Waals surface area contributed by atoms with Gasteiger partial charge in [0.15, 0.2) is 0 Å². The van der Waals surface area contributed by atoms with Crippen LogP contribution in [0.25, 0.3) is 111 Å². The molecule has 0 radical (unpaired) electrons. The van der Waals surface area contributed by atoms with Gasteiger partial charge < -0.3 is 9.13 Å². The average molecular weight is 789 g/mol. The first-order chi connectivity index (χ1) is 30.8. The van der Waals surface area contributed by atoms with Crippen molar-refractivity contribution in [3.8, 4) is 67.0 Å². The standard InChI is InChI=1S/C60H40N2/c1-5-19-41(20-6-1)45-37-46(42-21-7-2-8-22-42)39-48(38-45)62-56-32-16-14-28-53(56)60-51(30-18-34-58(60)62)50-29-17-33-57-59(50)52-27-13-15-31-55(52)61(57)47-35-36-49(43-23-9-3-10-24-43)54(40-47)44-25-11-4-12-26-44/h1-40H. The molecule has 2 nitrogen and oxygen atoms in total. The van der Waals surface area contributed by atoms with Gasteiger partial charge in [0.05, 0.1) is 22.1 Å². The molecule has 0 atom stereocenters. The van der Waals surface area contributed by atoms with E-state index >= 15 is 0 Å². The number of aromatic nitrogens is 2. The van der Waals surface area contributed by atoms with E-state index in [9.17, 15) is 0 Å². The molecule has 2 heteroatoms. The Bertz CT molecular complexity index is 3540. The summed E-state index contributed by atoms with van der Waals surface area (Å²) in [5, 5.41) is 4.96. The number of benzene rings is 10. The van der Waals surface area contributed by atoms with Gasteiger partial charge in [-0.2, -0.15) is 0 Å². The number of rotatable bonds is 7. The molecule has 12 aromatic rings. The highest BCUT2D eigenvalue weighted by Crippen LogP contribution is 2.45. The van der Waals surface area contributed by atoms with Gasteiger partial charge in [0.2, 0.25) is 0 Å². The fraction of sp³-hybridized carbons (Fsp3) is 0. The minimum absolute atomic E-state index is 1.13. The van der Waals surface area contributed by atoms with Crippen LogP contribution in [0.4, 0.5) is 0 Å². The summed E-state index contributed by atoms with van der Waals surface area (Å²) in [5.41, 5.74) is 19.0. The minimum atomic E-state index is 1.13. The van der Waals surface area contributed by atoms with Gasteiger partial charge in [-0.25, -0.2) is 0 Å². The lowest BCUT2D eigenvalue weighted by Crippen LogP contribution is -1.96. The highest BCUT2D eigenvalue weighted by atomic mass is 15.0. The molecular formula is C60H40N2. The molecule has 0 amide bonds. The van der Waals surface area contributed by atoms with Crippen LogP contribution >= 0.6 is 0 Å². The summed E-state index contributed by atoms with van der Waals surface area (Å²) >= 11 is 0. The largest absolute Gasteiger partial charge is 0.309 e. The smallest absolute Gasteiger partial charge is 0.0547 e. The fourth-order valence-corrected chi connectivity index (χ4v) is 9.78. The summed E-state index contributed by atoms with van der Waals surface area (Å²) in [4.78, 5) is 0. The van der Waals surface area contributed by atoms with E-state index in [1.165, 1.54) is 99.2 Å². The highest BCUT2D eigenvalue weighted by Gasteiger charge is 2.22. The summed E-state index contributed by atoms with van der Waals surface area (Å²) < 4.78 is 4.93. The van der Waals surface area contributed by atoms with Crippen molar-refractivity contribution < 1.29 is 0 Å². The van der Waals surface area contributed by atoms with Crippen LogP contribution in [0.3, 0.4) is 0 Å².